The molecule has 0 aromatic heterocycles. The van der Waals surface area contributed by atoms with Gasteiger partial charge in [-0.05, 0) is 36.6 Å². The Balaban J connectivity index is 1.97. The van der Waals surface area contributed by atoms with E-state index in [9.17, 15) is 14.7 Å². The van der Waals surface area contributed by atoms with Gasteiger partial charge in [0.2, 0.25) is 0 Å². The first-order valence-corrected chi connectivity index (χ1v) is 9.08. The zero-order valence-corrected chi connectivity index (χ0v) is 16.0. The van der Waals surface area contributed by atoms with Gasteiger partial charge in [-0.15, -0.1) is 0 Å². The Morgan fingerprint density at radius 1 is 1.00 bits per heavy atom. The van der Waals surface area contributed by atoms with Crippen molar-refractivity contribution in [2.75, 3.05) is 18.1 Å². The van der Waals surface area contributed by atoms with Gasteiger partial charge < -0.3 is 10.0 Å². The average Bonchev–Trinajstić information content (AvgIpc) is 2.87. The van der Waals surface area contributed by atoms with Gasteiger partial charge in [-0.2, -0.15) is 0 Å². The lowest BCUT2D eigenvalue weighted by atomic mass is 10.1. The molecule has 0 radical (unpaired) electrons. The first-order chi connectivity index (χ1) is 13.0. The third-order valence-corrected chi connectivity index (χ3v) is 5.06. The third kappa shape index (κ3) is 3.61. The van der Waals surface area contributed by atoms with Crippen LogP contribution in [0.4, 0.5) is 5.69 Å². The van der Waals surface area contributed by atoms with Crippen LogP contribution in [-0.4, -0.2) is 35.0 Å². The topological polar surface area (TPSA) is 60.9 Å². The number of anilines is 1. The van der Waals surface area contributed by atoms with E-state index in [4.69, 9.17) is 11.6 Å². The second-order valence-electron chi connectivity index (χ2n) is 6.46. The molecule has 1 aliphatic heterocycles. The summed E-state index contributed by atoms with van der Waals surface area (Å²) >= 11 is 6.30. The van der Waals surface area contributed by atoms with Gasteiger partial charge in [0.25, 0.3) is 11.8 Å². The molecular weight excluding hydrogens is 364 g/mol. The molecule has 1 aliphatic rings. The first-order valence-electron chi connectivity index (χ1n) is 8.70. The minimum atomic E-state index is -0.540. The Hall–Kier alpha value is -2.63. The van der Waals surface area contributed by atoms with E-state index in [-0.39, 0.29) is 23.9 Å². The molecule has 0 atom stereocenters. The highest BCUT2D eigenvalue weighted by Crippen LogP contribution is 2.34. The first kappa shape index (κ1) is 19.1. The molecule has 2 aromatic carbocycles. The number of hydrogen-bond acceptors (Lipinski definition) is 4. The largest absolute Gasteiger partial charge is 0.395 e. The molecule has 2 aromatic rings. The number of halogens is 1. The lowest BCUT2D eigenvalue weighted by Crippen LogP contribution is -2.36. The quantitative estimate of drug-likeness (QED) is 0.777. The Bertz CT molecular complexity index is 909. The van der Waals surface area contributed by atoms with Crippen molar-refractivity contribution in [2.24, 2.45) is 0 Å². The predicted molar refractivity (Wildman–Crippen MR) is 105 cm³/mol. The number of aliphatic hydroxyl groups is 1. The Morgan fingerprint density at radius 3 is 2.37 bits per heavy atom. The predicted octanol–water partition coefficient (Wildman–Crippen LogP) is 3.12. The fraction of sp³-hybridized carbons (Fsp3) is 0.238. The van der Waals surface area contributed by atoms with Crippen LogP contribution < -0.4 is 4.90 Å². The van der Waals surface area contributed by atoms with Crippen LogP contribution >= 0.6 is 11.6 Å². The normalized spacial score (nSPS) is 14.3. The number of benzene rings is 2. The van der Waals surface area contributed by atoms with E-state index in [1.807, 2.05) is 50.2 Å². The van der Waals surface area contributed by atoms with Gasteiger partial charge in [0.1, 0.15) is 10.7 Å². The summed E-state index contributed by atoms with van der Waals surface area (Å²) in [6, 6.07) is 15.0. The fourth-order valence-electron chi connectivity index (χ4n) is 3.16. The van der Waals surface area contributed by atoms with Crippen LogP contribution in [0.2, 0.25) is 0 Å². The van der Waals surface area contributed by atoms with Crippen molar-refractivity contribution in [3.05, 3.63) is 76.0 Å². The Labute approximate surface area is 163 Å². The summed E-state index contributed by atoms with van der Waals surface area (Å²) < 4.78 is 0. The molecule has 1 N–H and O–H groups in total. The SMILES string of the molecule is Cc1cccc(N2C(=O)C(Cl)=C(N(CCO)Cc3ccccc3)C2=O)c1C. The summed E-state index contributed by atoms with van der Waals surface area (Å²) in [6.07, 6.45) is 0. The molecule has 6 heteroatoms. The Morgan fingerprint density at radius 2 is 1.70 bits per heavy atom. The van der Waals surface area contributed by atoms with Crippen molar-refractivity contribution in [2.45, 2.75) is 20.4 Å². The maximum absolute atomic E-state index is 13.1. The van der Waals surface area contributed by atoms with Crippen molar-refractivity contribution >= 4 is 29.1 Å². The molecule has 27 heavy (non-hydrogen) atoms. The molecule has 0 saturated heterocycles. The lowest BCUT2D eigenvalue weighted by molar-refractivity contribution is -0.121. The molecule has 0 fully saturated rings. The molecule has 0 bridgehead atoms. The van der Waals surface area contributed by atoms with E-state index in [0.717, 1.165) is 21.6 Å². The van der Waals surface area contributed by atoms with Crippen molar-refractivity contribution in [1.29, 1.82) is 0 Å². The fourth-order valence-corrected chi connectivity index (χ4v) is 3.44. The molecule has 2 amide bonds. The summed E-state index contributed by atoms with van der Waals surface area (Å²) in [6.45, 7) is 4.19. The molecular formula is C21H21ClN2O3. The van der Waals surface area contributed by atoms with E-state index < -0.39 is 11.8 Å². The maximum atomic E-state index is 13.1. The van der Waals surface area contributed by atoms with Crippen molar-refractivity contribution < 1.29 is 14.7 Å². The summed E-state index contributed by atoms with van der Waals surface area (Å²) in [5, 5.41) is 9.34. The number of amides is 2. The third-order valence-electron chi connectivity index (χ3n) is 4.72. The van der Waals surface area contributed by atoms with Crippen molar-refractivity contribution in [3.63, 3.8) is 0 Å². The van der Waals surface area contributed by atoms with Crippen LogP contribution in [-0.2, 0) is 16.1 Å². The van der Waals surface area contributed by atoms with Crippen LogP contribution in [0.3, 0.4) is 0 Å². The van der Waals surface area contributed by atoms with Gasteiger partial charge in [0.15, 0.2) is 0 Å². The minimum Gasteiger partial charge on any atom is -0.395 e. The van der Waals surface area contributed by atoms with Crippen molar-refractivity contribution in [3.8, 4) is 0 Å². The summed E-state index contributed by atoms with van der Waals surface area (Å²) in [4.78, 5) is 28.7. The van der Waals surface area contributed by atoms with Crippen LogP contribution in [0.15, 0.2) is 59.3 Å². The molecule has 0 spiro atoms. The maximum Gasteiger partial charge on any atom is 0.283 e. The van der Waals surface area contributed by atoms with Crippen LogP contribution in [0.1, 0.15) is 16.7 Å². The number of carbonyl (C=O) groups excluding carboxylic acids is 2. The van der Waals surface area contributed by atoms with Gasteiger partial charge in [0.05, 0.1) is 12.3 Å². The molecule has 0 saturated carbocycles. The molecule has 0 aliphatic carbocycles. The molecule has 1 heterocycles. The van der Waals surface area contributed by atoms with Gasteiger partial charge in [0, 0.05) is 13.1 Å². The lowest BCUT2D eigenvalue weighted by Gasteiger charge is -2.25. The van der Waals surface area contributed by atoms with Gasteiger partial charge in [-0.1, -0.05) is 54.1 Å². The monoisotopic (exact) mass is 384 g/mol. The van der Waals surface area contributed by atoms with Crippen LogP contribution in [0, 0.1) is 13.8 Å². The molecule has 0 unspecified atom stereocenters. The highest BCUT2D eigenvalue weighted by molar-refractivity contribution is 6.52. The van der Waals surface area contributed by atoms with Crippen LogP contribution in [0.25, 0.3) is 0 Å². The number of aryl methyl sites for hydroxylation is 1. The van der Waals surface area contributed by atoms with E-state index in [0.29, 0.717) is 12.2 Å². The van der Waals surface area contributed by atoms with Gasteiger partial charge >= 0.3 is 0 Å². The number of nitrogens with zero attached hydrogens (tertiary/aromatic N) is 2. The zero-order valence-electron chi connectivity index (χ0n) is 15.3. The van der Waals surface area contributed by atoms with Crippen molar-refractivity contribution in [1.82, 2.24) is 4.90 Å². The number of imide groups is 1. The molecule has 140 valence electrons. The highest BCUT2D eigenvalue weighted by Gasteiger charge is 2.41. The molecule has 3 rings (SSSR count). The molecule has 5 nitrogen and oxygen atoms in total. The number of hydrogen-bond donors (Lipinski definition) is 1. The summed E-state index contributed by atoms with van der Waals surface area (Å²) in [7, 11) is 0. The number of carbonyl (C=O) groups is 2. The van der Waals surface area contributed by atoms with E-state index in [1.165, 1.54) is 0 Å². The smallest absolute Gasteiger partial charge is 0.283 e. The second-order valence-corrected chi connectivity index (χ2v) is 6.84. The number of rotatable bonds is 6. The van der Waals surface area contributed by atoms with Gasteiger partial charge in [-0.3, -0.25) is 9.59 Å². The van der Waals surface area contributed by atoms with Gasteiger partial charge in [-0.25, -0.2) is 4.90 Å². The minimum absolute atomic E-state index is 0.120. The standard InChI is InChI=1S/C21H21ClN2O3/c1-14-7-6-10-17(15(14)2)24-20(26)18(22)19(21(24)27)23(11-12-25)13-16-8-4-3-5-9-16/h3-10,25H,11-13H2,1-2H3. The number of aliphatic hydroxyl groups excluding tert-OH is 1. The van der Waals surface area contributed by atoms with E-state index >= 15 is 0 Å². The second kappa shape index (κ2) is 7.94. The Kier molecular flexibility index (Phi) is 5.63. The zero-order chi connectivity index (χ0) is 19.6. The highest BCUT2D eigenvalue weighted by atomic mass is 35.5. The van der Waals surface area contributed by atoms with E-state index in [2.05, 4.69) is 0 Å². The van der Waals surface area contributed by atoms with E-state index in [1.54, 1.807) is 17.0 Å². The van der Waals surface area contributed by atoms with Crippen LogP contribution in [0.5, 0.6) is 0 Å². The average molecular weight is 385 g/mol. The summed E-state index contributed by atoms with van der Waals surface area (Å²) in [5.74, 6) is -1.01. The summed E-state index contributed by atoms with van der Waals surface area (Å²) in [5.41, 5.74) is 3.44.